The lowest BCUT2D eigenvalue weighted by molar-refractivity contribution is -0.143. The van der Waals surface area contributed by atoms with Crippen LogP contribution in [0.3, 0.4) is 0 Å². The Morgan fingerprint density at radius 2 is 1.73 bits per heavy atom. The van der Waals surface area contributed by atoms with Crippen molar-refractivity contribution in [2.75, 3.05) is 6.61 Å². The van der Waals surface area contributed by atoms with Gasteiger partial charge in [0.05, 0.1) is 6.61 Å². The molecule has 0 rings (SSSR count). The van der Waals surface area contributed by atoms with Crippen LogP contribution in [0.5, 0.6) is 0 Å². The van der Waals surface area contributed by atoms with Gasteiger partial charge in [-0.05, 0) is 32.6 Å². The monoisotopic (exact) mass is 212 g/mol. The van der Waals surface area contributed by atoms with E-state index in [4.69, 9.17) is 4.74 Å². The molecule has 0 aliphatic heterocycles. The summed E-state index contributed by atoms with van der Waals surface area (Å²) in [7, 11) is 0. The molecule has 0 unspecified atom stereocenters. The predicted octanol–water partition coefficient (Wildman–Crippen LogP) is 3.86. The minimum atomic E-state index is -0.0625. The van der Waals surface area contributed by atoms with Gasteiger partial charge in [0, 0.05) is 6.42 Å². The maximum absolute atomic E-state index is 11.0. The Bertz CT molecular complexity index is 173. The van der Waals surface area contributed by atoms with E-state index in [1.54, 1.807) is 0 Å². The van der Waals surface area contributed by atoms with Crippen molar-refractivity contribution in [3.05, 3.63) is 12.2 Å². The Morgan fingerprint density at radius 3 is 2.33 bits per heavy atom. The molecule has 0 saturated heterocycles. The van der Waals surface area contributed by atoms with E-state index in [1.165, 1.54) is 19.3 Å². The van der Waals surface area contributed by atoms with Gasteiger partial charge in [0.25, 0.3) is 0 Å². The van der Waals surface area contributed by atoms with Gasteiger partial charge in [-0.25, -0.2) is 0 Å². The Labute approximate surface area is 93.7 Å². The summed E-state index contributed by atoms with van der Waals surface area (Å²) >= 11 is 0. The number of unbranched alkanes of at least 4 members (excludes halogenated alkanes) is 4. The van der Waals surface area contributed by atoms with Crippen LogP contribution in [-0.4, -0.2) is 12.6 Å². The van der Waals surface area contributed by atoms with Gasteiger partial charge in [-0.1, -0.05) is 31.9 Å². The topological polar surface area (TPSA) is 26.3 Å². The van der Waals surface area contributed by atoms with Crippen LogP contribution in [0.25, 0.3) is 0 Å². The van der Waals surface area contributed by atoms with Crippen molar-refractivity contribution in [3.8, 4) is 0 Å². The third-order valence-electron chi connectivity index (χ3n) is 2.20. The average molecular weight is 212 g/mol. The second-order valence-electron chi connectivity index (χ2n) is 3.66. The number of esters is 1. The molecule has 0 aromatic rings. The number of hydrogen-bond donors (Lipinski definition) is 0. The van der Waals surface area contributed by atoms with Gasteiger partial charge in [-0.2, -0.15) is 0 Å². The van der Waals surface area contributed by atoms with Crippen LogP contribution < -0.4 is 0 Å². The van der Waals surface area contributed by atoms with Crippen molar-refractivity contribution in [2.24, 2.45) is 0 Å². The number of carbonyl (C=O) groups excluding carboxylic acids is 1. The number of hydrogen-bond acceptors (Lipinski definition) is 2. The van der Waals surface area contributed by atoms with Crippen LogP contribution in [0.1, 0.15) is 58.8 Å². The minimum Gasteiger partial charge on any atom is -0.466 e. The van der Waals surface area contributed by atoms with E-state index >= 15 is 0 Å². The zero-order chi connectivity index (χ0) is 11.4. The Hall–Kier alpha value is -0.790. The molecule has 0 fully saturated rings. The summed E-state index contributed by atoms with van der Waals surface area (Å²) in [5, 5.41) is 0. The summed E-state index contributed by atoms with van der Waals surface area (Å²) in [6.45, 7) is 4.54. The van der Waals surface area contributed by atoms with E-state index in [9.17, 15) is 4.79 Å². The lowest BCUT2D eigenvalue weighted by Crippen LogP contribution is -2.02. The Balaban J connectivity index is 3.17. The molecule has 0 aliphatic rings. The molecule has 0 aliphatic carbocycles. The van der Waals surface area contributed by atoms with E-state index < -0.39 is 0 Å². The Kier molecular flexibility index (Phi) is 10.7. The molecule has 0 N–H and O–H groups in total. The smallest absolute Gasteiger partial charge is 0.305 e. The largest absolute Gasteiger partial charge is 0.466 e. The summed E-state index contributed by atoms with van der Waals surface area (Å²) in [6, 6.07) is 0. The van der Waals surface area contributed by atoms with Crippen LogP contribution in [0.4, 0.5) is 0 Å². The summed E-state index contributed by atoms with van der Waals surface area (Å²) < 4.78 is 4.84. The third kappa shape index (κ3) is 11.1. The summed E-state index contributed by atoms with van der Waals surface area (Å²) in [4.78, 5) is 11.0. The second-order valence-corrected chi connectivity index (χ2v) is 3.66. The first-order valence-corrected chi connectivity index (χ1v) is 6.11. The van der Waals surface area contributed by atoms with E-state index in [-0.39, 0.29) is 5.97 Å². The molecule has 0 spiro atoms. The highest BCUT2D eigenvalue weighted by Gasteiger charge is 1.99. The van der Waals surface area contributed by atoms with Crippen LogP contribution in [0.15, 0.2) is 12.2 Å². The number of carbonyl (C=O) groups is 1. The molecular formula is C13H24O2. The molecule has 0 aromatic heterocycles. The van der Waals surface area contributed by atoms with Crippen LogP contribution in [0.2, 0.25) is 0 Å². The summed E-state index contributed by atoms with van der Waals surface area (Å²) in [5.41, 5.74) is 0. The second kappa shape index (κ2) is 11.3. The van der Waals surface area contributed by atoms with Crippen LogP contribution in [0, 0.1) is 0 Å². The zero-order valence-electron chi connectivity index (χ0n) is 10.1. The van der Waals surface area contributed by atoms with Crippen molar-refractivity contribution in [3.63, 3.8) is 0 Å². The molecule has 2 nitrogen and oxygen atoms in total. The van der Waals surface area contributed by atoms with Gasteiger partial charge in [0.1, 0.15) is 0 Å². The first kappa shape index (κ1) is 14.2. The van der Waals surface area contributed by atoms with E-state index in [0.29, 0.717) is 13.0 Å². The SMILES string of the molecule is CCCCC=CCCCCC(=O)OCC. The highest BCUT2D eigenvalue weighted by atomic mass is 16.5. The highest BCUT2D eigenvalue weighted by molar-refractivity contribution is 5.69. The average Bonchev–Trinajstić information content (AvgIpc) is 2.22. The van der Waals surface area contributed by atoms with Gasteiger partial charge in [-0.15, -0.1) is 0 Å². The molecule has 15 heavy (non-hydrogen) atoms. The van der Waals surface area contributed by atoms with Crippen LogP contribution in [-0.2, 0) is 9.53 Å². The molecule has 0 radical (unpaired) electrons. The van der Waals surface area contributed by atoms with Gasteiger partial charge in [-0.3, -0.25) is 4.79 Å². The van der Waals surface area contributed by atoms with E-state index in [1.807, 2.05) is 6.92 Å². The first-order valence-electron chi connectivity index (χ1n) is 6.11. The maximum Gasteiger partial charge on any atom is 0.305 e. The number of allylic oxidation sites excluding steroid dienone is 2. The van der Waals surface area contributed by atoms with Crippen molar-refractivity contribution >= 4 is 5.97 Å². The lowest BCUT2D eigenvalue weighted by atomic mass is 10.1. The highest BCUT2D eigenvalue weighted by Crippen LogP contribution is 2.03. The van der Waals surface area contributed by atoms with Gasteiger partial charge >= 0.3 is 5.97 Å². The molecule has 0 heterocycles. The summed E-state index contributed by atoms with van der Waals surface area (Å²) in [5.74, 6) is -0.0625. The van der Waals surface area contributed by atoms with Crippen molar-refractivity contribution < 1.29 is 9.53 Å². The quantitative estimate of drug-likeness (QED) is 0.329. The molecule has 0 saturated carbocycles. The molecule has 0 aromatic carbocycles. The third-order valence-corrected chi connectivity index (χ3v) is 2.20. The van der Waals surface area contributed by atoms with E-state index in [0.717, 1.165) is 19.3 Å². The lowest BCUT2D eigenvalue weighted by Gasteiger charge is -1.99. The molecule has 2 heteroatoms. The van der Waals surface area contributed by atoms with Crippen LogP contribution >= 0.6 is 0 Å². The normalized spacial score (nSPS) is 10.8. The molecule has 88 valence electrons. The molecular weight excluding hydrogens is 188 g/mol. The fraction of sp³-hybridized carbons (Fsp3) is 0.769. The van der Waals surface area contributed by atoms with Crippen molar-refractivity contribution in [1.29, 1.82) is 0 Å². The number of ether oxygens (including phenoxy) is 1. The fourth-order valence-electron chi connectivity index (χ4n) is 1.32. The molecule has 0 amide bonds. The van der Waals surface area contributed by atoms with E-state index in [2.05, 4.69) is 19.1 Å². The summed E-state index contributed by atoms with van der Waals surface area (Å²) in [6.07, 6.45) is 11.9. The van der Waals surface area contributed by atoms with Crippen molar-refractivity contribution in [1.82, 2.24) is 0 Å². The van der Waals surface area contributed by atoms with Crippen molar-refractivity contribution in [2.45, 2.75) is 58.8 Å². The van der Waals surface area contributed by atoms with Gasteiger partial charge < -0.3 is 4.74 Å². The first-order chi connectivity index (χ1) is 7.31. The Morgan fingerprint density at radius 1 is 1.07 bits per heavy atom. The zero-order valence-corrected chi connectivity index (χ0v) is 10.1. The predicted molar refractivity (Wildman–Crippen MR) is 63.8 cm³/mol. The minimum absolute atomic E-state index is 0.0625. The van der Waals surface area contributed by atoms with Gasteiger partial charge in [0.15, 0.2) is 0 Å². The fourth-order valence-corrected chi connectivity index (χ4v) is 1.32. The maximum atomic E-state index is 11.0. The standard InChI is InChI=1S/C13H24O2/c1-3-5-6-7-8-9-10-11-12-13(14)15-4-2/h7-8H,3-6,9-12H2,1-2H3. The molecule has 0 atom stereocenters. The van der Waals surface area contributed by atoms with Gasteiger partial charge in [0.2, 0.25) is 0 Å². The number of rotatable bonds is 9. The molecule has 0 bridgehead atoms.